The number of rotatable bonds is 8. The summed E-state index contributed by atoms with van der Waals surface area (Å²) in [5.74, 6) is -0.734. The van der Waals surface area contributed by atoms with Gasteiger partial charge in [-0.3, -0.25) is 4.79 Å². The highest BCUT2D eigenvalue weighted by molar-refractivity contribution is 6.30. The zero-order valence-corrected chi connectivity index (χ0v) is 20.0. The van der Waals surface area contributed by atoms with E-state index in [1.807, 2.05) is 18.2 Å². The van der Waals surface area contributed by atoms with Crippen molar-refractivity contribution in [2.75, 3.05) is 20.1 Å². The quantitative estimate of drug-likeness (QED) is 0.584. The van der Waals surface area contributed by atoms with Gasteiger partial charge >= 0.3 is 12.0 Å². The summed E-state index contributed by atoms with van der Waals surface area (Å²) in [6.45, 7) is 2.34. The van der Waals surface area contributed by atoms with Crippen molar-refractivity contribution in [3.05, 3.63) is 82.0 Å². The Bertz CT molecular complexity index is 1130. The first kappa shape index (κ1) is 23.8. The summed E-state index contributed by atoms with van der Waals surface area (Å²) in [7, 11) is 1.78. The van der Waals surface area contributed by atoms with Crippen molar-refractivity contribution in [2.45, 2.75) is 31.7 Å². The van der Waals surface area contributed by atoms with E-state index in [2.05, 4.69) is 17.4 Å². The molecule has 3 atom stereocenters. The van der Waals surface area contributed by atoms with Crippen LogP contribution in [0, 0.1) is 5.92 Å². The number of allylic oxidation sites excluding steroid dienone is 1. The smallest absolute Gasteiger partial charge is 0.335 e. The van der Waals surface area contributed by atoms with E-state index in [-0.39, 0.29) is 35.9 Å². The number of carbonyl (C=O) groups is 3. The molecule has 3 unspecified atom stereocenters. The number of amides is 3. The summed E-state index contributed by atoms with van der Waals surface area (Å²) in [4.78, 5) is 41.0. The van der Waals surface area contributed by atoms with Gasteiger partial charge in [0.1, 0.15) is 0 Å². The van der Waals surface area contributed by atoms with Crippen LogP contribution in [0.15, 0.2) is 65.9 Å². The Labute approximate surface area is 204 Å². The standard InChI is InChI=1S/C26H28ClN3O4/c1-16-22(25(32)33)23(18-10-6-11-19(27)14-18)30(26(34)28-16)13-7-12-29(2)24(31)21-15-20(21)17-8-4-3-5-9-17/h3-6,8-11,14,20-21,23H,7,12-13,15H2,1-2H3,(H,28,34)(H,32,33). The summed E-state index contributed by atoms with van der Waals surface area (Å²) in [6.07, 6.45) is 1.37. The van der Waals surface area contributed by atoms with Crippen LogP contribution in [0.25, 0.3) is 0 Å². The summed E-state index contributed by atoms with van der Waals surface area (Å²) >= 11 is 6.16. The topological polar surface area (TPSA) is 90.0 Å². The van der Waals surface area contributed by atoms with Crippen LogP contribution in [0.5, 0.6) is 0 Å². The fraction of sp³-hybridized carbons (Fsp3) is 0.346. The molecule has 1 saturated carbocycles. The maximum absolute atomic E-state index is 12.9. The number of nitrogens with one attached hydrogen (secondary N) is 1. The van der Waals surface area contributed by atoms with Crippen molar-refractivity contribution in [1.29, 1.82) is 0 Å². The third-order valence-corrected chi connectivity index (χ3v) is 6.78. The van der Waals surface area contributed by atoms with E-state index in [9.17, 15) is 19.5 Å². The minimum Gasteiger partial charge on any atom is -0.478 e. The van der Waals surface area contributed by atoms with Gasteiger partial charge in [0.15, 0.2) is 0 Å². The molecule has 2 N–H and O–H groups in total. The van der Waals surface area contributed by atoms with Gasteiger partial charge < -0.3 is 20.2 Å². The first-order chi connectivity index (χ1) is 16.3. The van der Waals surface area contributed by atoms with Crippen LogP contribution < -0.4 is 5.32 Å². The number of carboxylic acids is 1. The fourth-order valence-corrected chi connectivity index (χ4v) is 4.92. The molecule has 0 saturated heterocycles. The largest absolute Gasteiger partial charge is 0.478 e. The van der Waals surface area contributed by atoms with Crippen LogP contribution in [0.1, 0.15) is 42.9 Å². The minimum absolute atomic E-state index is 0.00547. The maximum atomic E-state index is 12.9. The monoisotopic (exact) mass is 481 g/mol. The van der Waals surface area contributed by atoms with E-state index in [0.29, 0.717) is 29.2 Å². The Hall–Kier alpha value is -3.32. The Balaban J connectivity index is 1.43. The van der Waals surface area contributed by atoms with Gasteiger partial charge in [-0.05, 0) is 48.9 Å². The first-order valence-electron chi connectivity index (χ1n) is 11.3. The number of nitrogens with zero attached hydrogens (tertiary/aromatic N) is 2. The zero-order valence-electron chi connectivity index (χ0n) is 19.2. The van der Waals surface area contributed by atoms with E-state index < -0.39 is 12.0 Å². The number of hydrogen-bond acceptors (Lipinski definition) is 3. The van der Waals surface area contributed by atoms with Crippen LogP contribution in [-0.4, -0.2) is 53.0 Å². The molecule has 1 aliphatic carbocycles. The fourth-order valence-electron chi connectivity index (χ4n) is 4.72. The van der Waals surface area contributed by atoms with E-state index in [1.165, 1.54) is 10.5 Å². The SMILES string of the molecule is CC1=C(C(=O)O)C(c2cccc(Cl)c2)N(CCCN(C)C(=O)C2CC2c2ccccc2)C(=O)N1. The van der Waals surface area contributed by atoms with Crippen molar-refractivity contribution < 1.29 is 19.5 Å². The predicted molar refractivity (Wildman–Crippen MR) is 129 cm³/mol. The van der Waals surface area contributed by atoms with Crippen LogP contribution in [0.3, 0.4) is 0 Å². The molecular weight excluding hydrogens is 454 g/mol. The summed E-state index contributed by atoms with van der Waals surface area (Å²) in [6, 6.07) is 15.8. The third kappa shape index (κ3) is 4.94. The number of urea groups is 1. The average Bonchev–Trinajstić information content (AvgIpc) is 3.60. The van der Waals surface area contributed by atoms with Gasteiger partial charge in [-0.25, -0.2) is 9.59 Å². The molecule has 1 aliphatic heterocycles. The Morgan fingerprint density at radius 3 is 2.53 bits per heavy atom. The average molecular weight is 482 g/mol. The van der Waals surface area contributed by atoms with Crippen molar-refractivity contribution in [1.82, 2.24) is 15.1 Å². The zero-order chi connectivity index (χ0) is 24.4. The Kier molecular flexibility index (Phi) is 6.93. The predicted octanol–water partition coefficient (Wildman–Crippen LogP) is 4.42. The lowest BCUT2D eigenvalue weighted by molar-refractivity contribution is -0.133. The number of halogens is 1. The lowest BCUT2D eigenvalue weighted by atomic mass is 9.93. The molecule has 2 aliphatic rings. The van der Waals surface area contributed by atoms with Crippen molar-refractivity contribution in [2.24, 2.45) is 5.92 Å². The molecule has 8 heteroatoms. The normalized spacial score (nSPS) is 21.8. The van der Waals surface area contributed by atoms with Gasteiger partial charge in [0.05, 0.1) is 11.6 Å². The molecule has 4 rings (SSSR count). The van der Waals surface area contributed by atoms with Gasteiger partial charge in [-0.1, -0.05) is 54.1 Å². The summed E-state index contributed by atoms with van der Waals surface area (Å²) in [5, 5.41) is 13.0. The van der Waals surface area contributed by atoms with E-state index in [1.54, 1.807) is 43.1 Å². The van der Waals surface area contributed by atoms with Gasteiger partial charge in [-0.15, -0.1) is 0 Å². The number of carbonyl (C=O) groups excluding carboxylic acids is 2. The molecule has 0 spiro atoms. The van der Waals surface area contributed by atoms with Crippen molar-refractivity contribution in [3.63, 3.8) is 0 Å². The lowest BCUT2D eigenvalue weighted by Crippen LogP contribution is -2.49. The van der Waals surface area contributed by atoms with E-state index in [4.69, 9.17) is 11.6 Å². The van der Waals surface area contributed by atoms with Crippen LogP contribution in [0.2, 0.25) is 5.02 Å². The minimum atomic E-state index is -1.10. The van der Waals surface area contributed by atoms with Gasteiger partial charge in [0, 0.05) is 36.8 Å². The highest BCUT2D eigenvalue weighted by Gasteiger charge is 2.45. The van der Waals surface area contributed by atoms with Gasteiger partial charge in [-0.2, -0.15) is 0 Å². The molecule has 1 heterocycles. The second-order valence-electron chi connectivity index (χ2n) is 8.90. The molecule has 7 nitrogen and oxygen atoms in total. The molecule has 3 amide bonds. The van der Waals surface area contributed by atoms with Crippen molar-refractivity contribution >= 4 is 29.5 Å². The maximum Gasteiger partial charge on any atom is 0.335 e. The number of hydrogen-bond donors (Lipinski definition) is 2. The molecule has 0 radical (unpaired) electrons. The summed E-state index contributed by atoms with van der Waals surface area (Å²) < 4.78 is 0. The van der Waals surface area contributed by atoms with Crippen LogP contribution in [0.4, 0.5) is 4.79 Å². The second-order valence-corrected chi connectivity index (χ2v) is 9.33. The number of benzene rings is 2. The highest BCUT2D eigenvalue weighted by Crippen LogP contribution is 2.48. The number of carboxylic acid groups (broad SMARTS) is 1. The molecule has 2 aromatic carbocycles. The molecule has 2 aromatic rings. The second kappa shape index (κ2) is 9.89. The summed E-state index contributed by atoms with van der Waals surface area (Å²) in [5.41, 5.74) is 2.24. The van der Waals surface area contributed by atoms with Crippen molar-refractivity contribution in [3.8, 4) is 0 Å². The Morgan fingerprint density at radius 1 is 1.15 bits per heavy atom. The van der Waals surface area contributed by atoms with Gasteiger partial charge in [0.25, 0.3) is 0 Å². The Morgan fingerprint density at radius 2 is 1.85 bits per heavy atom. The highest BCUT2D eigenvalue weighted by atomic mass is 35.5. The molecule has 34 heavy (non-hydrogen) atoms. The number of aliphatic carboxylic acids is 1. The van der Waals surface area contributed by atoms with E-state index >= 15 is 0 Å². The first-order valence-corrected chi connectivity index (χ1v) is 11.7. The molecule has 0 aromatic heterocycles. The molecule has 1 fully saturated rings. The molecule has 178 valence electrons. The lowest BCUT2D eigenvalue weighted by Gasteiger charge is -2.37. The van der Waals surface area contributed by atoms with E-state index in [0.717, 1.165) is 6.42 Å². The van der Waals surface area contributed by atoms with Crippen LogP contribution in [-0.2, 0) is 9.59 Å². The molecule has 0 bridgehead atoms. The molecular formula is C26H28ClN3O4. The van der Waals surface area contributed by atoms with Crippen LogP contribution >= 0.6 is 11.6 Å². The van der Waals surface area contributed by atoms with Gasteiger partial charge in [0.2, 0.25) is 5.91 Å². The third-order valence-electron chi connectivity index (χ3n) is 6.54.